The molecule has 27 heavy (non-hydrogen) atoms. The normalized spacial score (nSPS) is 14.5. The van der Waals surface area contributed by atoms with Crippen LogP contribution in [0.3, 0.4) is 0 Å². The number of piperidine rings is 1. The number of ether oxygens (including phenoxy) is 1. The van der Waals surface area contributed by atoms with Crippen LogP contribution < -0.4 is 10.6 Å². The van der Waals surface area contributed by atoms with E-state index in [1.807, 2.05) is 5.38 Å². The van der Waals surface area contributed by atoms with E-state index < -0.39 is 0 Å². The lowest BCUT2D eigenvalue weighted by atomic mass is 10.0. The fourth-order valence-electron chi connectivity index (χ4n) is 2.98. The highest BCUT2D eigenvalue weighted by molar-refractivity contribution is 7.12. The Kier molecular flexibility index (Phi) is 6.08. The maximum Gasteiger partial charge on any atom is 0.409 e. The van der Waals surface area contributed by atoms with Gasteiger partial charge in [-0.3, -0.25) is 9.59 Å². The Bertz CT molecular complexity index is 814. The maximum absolute atomic E-state index is 12.7. The highest BCUT2D eigenvalue weighted by atomic mass is 32.1. The number of hydrogen-bond acceptors (Lipinski definition) is 5. The molecule has 3 amide bonds. The maximum atomic E-state index is 12.7. The van der Waals surface area contributed by atoms with Gasteiger partial charge in [-0.2, -0.15) is 0 Å². The topological polar surface area (TPSA) is 87.7 Å². The standard InChI is InChI=1S/C19H21N3O4S/c1-26-19(25)22-10-8-13(9-11-22)20-17(23)14-5-2-3-6-15(14)21-18(24)16-7-4-12-27-16/h2-7,12-13H,8-11H2,1H3,(H,20,23)(H,21,24). The molecule has 0 aliphatic carbocycles. The summed E-state index contributed by atoms with van der Waals surface area (Å²) in [7, 11) is 1.36. The van der Waals surface area contributed by atoms with Gasteiger partial charge in [0, 0.05) is 19.1 Å². The van der Waals surface area contributed by atoms with Crippen LogP contribution in [-0.4, -0.2) is 49.0 Å². The average molecular weight is 387 g/mol. The number of rotatable bonds is 4. The van der Waals surface area contributed by atoms with Crippen molar-refractivity contribution in [3.05, 3.63) is 52.2 Å². The van der Waals surface area contributed by atoms with Gasteiger partial charge in [0.2, 0.25) is 0 Å². The fourth-order valence-corrected chi connectivity index (χ4v) is 3.60. The molecule has 1 aromatic heterocycles. The largest absolute Gasteiger partial charge is 0.453 e. The summed E-state index contributed by atoms with van der Waals surface area (Å²) in [6, 6.07) is 10.4. The first-order valence-electron chi connectivity index (χ1n) is 8.66. The lowest BCUT2D eigenvalue weighted by molar-refractivity contribution is 0.0893. The SMILES string of the molecule is COC(=O)N1CCC(NC(=O)c2ccccc2NC(=O)c2cccs2)CC1. The molecule has 3 rings (SSSR count). The Morgan fingerprint density at radius 1 is 1.07 bits per heavy atom. The number of benzene rings is 1. The van der Waals surface area contributed by atoms with Gasteiger partial charge in [-0.15, -0.1) is 11.3 Å². The van der Waals surface area contributed by atoms with Crippen LogP contribution in [0.15, 0.2) is 41.8 Å². The zero-order chi connectivity index (χ0) is 19.2. The number of amides is 3. The van der Waals surface area contributed by atoms with Gasteiger partial charge >= 0.3 is 6.09 Å². The molecule has 2 heterocycles. The van der Waals surface area contributed by atoms with Crippen LogP contribution in [0.25, 0.3) is 0 Å². The number of anilines is 1. The van der Waals surface area contributed by atoms with Crippen LogP contribution in [0.4, 0.5) is 10.5 Å². The third-order valence-corrected chi connectivity index (χ3v) is 5.30. The second-order valence-electron chi connectivity index (χ2n) is 6.18. The minimum Gasteiger partial charge on any atom is -0.453 e. The van der Waals surface area contributed by atoms with Crippen molar-refractivity contribution in [1.29, 1.82) is 0 Å². The molecule has 8 heteroatoms. The fraction of sp³-hybridized carbons (Fsp3) is 0.316. The van der Waals surface area contributed by atoms with Gasteiger partial charge in [-0.25, -0.2) is 4.79 Å². The van der Waals surface area contributed by atoms with Gasteiger partial charge in [0.15, 0.2) is 0 Å². The van der Waals surface area contributed by atoms with Gasteiger partial charge in [0.1, 0.15) is 0 Å². The van der Waals surface area contributed by atoms with Gasteiger partial charge < -0.3 is 20.3 Å². The minimum absolute atomic E-state index is 0.0283. The predicted octanol–water partition coefficient (Wildman–Crippen LogP) is 2.96. The van der Waals surface area contributed by atoms with Crippen molar-refractivity contribution >= 4 is 34.9 Å². The minimum atomic E-state index is -0.346. The van der Waals surface area contributed by atoms with Crippen molar-refractivity contribution in [3.8, 4) is 0 Å². The van der Waals surface area contributed by atoms with Gasteiger partial charge in [-0.1, -0.05) is 18.2 Å². The number of hydrogen-bond donors (Lipinski definition) is 2. The molecule has 0 radical (unpaired) electrons. The van der Waals surface area contributed by atoms with Gasteiger partial charge in [-0.05, 0) is 36.4 Å². The molecule has 0 saturated carbocycles. The Balaban J connectivity index is 1.62. The van der Waals surface area contributed by atoms with E-state index in [1.165, 1.54) is 18.4 Å². The van der Waals surface area contributed by atoms with Crippen LogP contribution in [0.2, 0.25) is 0 Å². The summed E-state index contributed by atoms with van der Waals surface area (Å²) >= 11 is 1.34. The van der Waals surface area contributed by atoms with Crippen molar-refractivity contribution in [2.24, 2.45) is 0 Å². The molecule has 7 nitrogen and oxygen atoms in total. The van der Waals surface area contributed by atoms with E-state index in [1.54, 1.807) is 41.3 Å². The van der Waals surface area contributed by atoms with E-state index in [-0.39, 0.29) is 23.9 Å². The van der Waals surface area contributed by atoms with Gasteiger partial charge in [0.05, 0.1) is 23.2 Å². The summed E-state index contributed by atoms with van der Waals surface area (Å²) in [6.07, 6.45) is 0.969. The first kappa shape index (κ1) is 18.9. The number of likely N-dealkylation sites (tertiary alicyclic amines) is 1. The molecule has 2 aromatic rings. The molecule has 2 N–H and O–H groups in total. The van der Waals surface area contributed by atoms with Crippen molar-refractivity contribution in [1.82, 2.24) is 10.2 Å². The quantitative estimate of drug-likeness (QED) is 0.844. The summed E-state index contributed by atoms with van der Waals surface area (Å²) in [4.78, 5) is 38.7. The average Bonchev–Trinajstić information content (AvgIpc) is 3.23. The van der Waals surface area contributed by atoms with Crippen molar-refractivity contribution < 1.29 is 19.1 Å². The summed E-state index contributed by atoms with van der Waals surface area (Å²) in [5.41, 5.74) is 0.887. The number of nitrogens with zero attached hydrogens (tertiary/aromatic N) is 1. The van der Waals surface area contributed by atoms with E-state index in [4.69, 9.17) is 4.74 Å². The number of carbonyl (C=O) groups excluding carboxylic acids is 3. The summed E-state index contributed by atoms with van der Waals surface area (Å²) in [5, 5.41) is 7.62. The van der Waals surface area contributed by atoms with Crippen LogP contribution >= 0.6 is 11.3 Å². The second kappa shape index (κ2) is 8.68. The molecule has 1 aliphatic heterocycles. The number of thiophene rings is 1. The lowest BCUT2D eigenvalue weighted by Gasteiger charge is -2.31. The van der Waals surface area contributed by atoms with E-state index in [0.717, 1.165) is 0 Å². The van der Waals surface area contributed by atoms with Crippen molar-refractivity contribution in [2.45, 2.75) is 18.9 Å². The first-order valence-corrected chi connectivity index (χ1v) is 9.54. The molecule has 1 aromatic carbocycles. The van der Waals surface area contributed by atoms with Crippen LogP contribution in [0.5, 0.6) is 0 Å². The summed E-state index contributed by atoms with van der Waals surface area (Å²) in [6.45, 7) is 1.07. The van der Waals surface area contributed by atoms with E-state index >= 15 is 0 Å². The molecule has 1 fully saturated rings. The highest BCUT2D eigenvalue weighted by Crippen LogP contribution is 2.19. The third-order valence-electron chi connectivity index (χ3n) is 4.43. The second-order valence-corrected chi connectivity index (χ2v) is 7.13. The molecule has 0 bridgehead atoms. The first-order chi connectivity index (χ1) is 13.1. The molecular weight excluding hydrogens is 366 g/mol. The Morgan fingerprint density at radius 2 is 1.81 bits per heavy atom. The smallest absolute Gasteiger partial charge is 0.409 e. The Morgan fingerprint density at radius 3 is 2.48 bits per heavy atom. The predicted molar refractivity (Wildman–Crippen MR) is 103 cm³/mol. The zero-order valence-corrected chi connectivity index (χ0v) is 15.8. The number of methoxy groups -OCH3 is 1. The monoisotopic (exact) mass is 387 g/mol. The molecular formula is C19H21N3O4S. The van der Waals surface area contributed by atoms with E-state index in [0.29, 0.717) is 42.1 Å². The zero-order valence-electron chi connectivity index (χ0n) is 14.9. The molecule has 0 unspecified atom stereocenters. The lowest BCUT2D eigenvalue weighted by Crippen LogP contribution is -2.46. The highest BCUT2D eigenvalue weighted by Gasteiger charge is 2.25. The molecule has 1 aliphatic rings. The van der Waals surface area contributed by atoms with Crippen molar-refractivity contribution in [3.63, 3.8) is 0 Å². The Labute approximate surface area is 161 Å². The van der Waals surface area contributed by atoms with Gasteiger partial charge in [0.25, 0.3) is 11.8 Å². The van der Waals surface area contributed by atoms with E-state index in [2.05, 4.69) is 10.6 Å². The summed E-state index contributed by atoms with van der Waals surface area (Å²) < 4.78 is 4.72. The number of para-hydroxylation sites is 1. The van der Waals surface area contributed by atoms with Crippen LogP contribution in [0.1, 0.15) is 32.9 Å². The van der Waals surface area contributed by atoms with Crippen molar-refractivity contribution in [2.75, 3.05) is 25.5 Å². The summed E-state index contributed by atoms with van der Waals surface area (Å²) in [5.74, 6) is -0.481. The van der Waals surface area contributed by atoms with Crippen LogP contribution in [-0.2, 0) is 4.74 Å². The molecule has 0 spiro atoms. The van der Waals surface area contributed by atoms with Crippen LogP contribution in [0, 0.1) is 0 Å². The molecule has 1 saturated heterocycles. The molecule has 0 atom stereocenters. The number of nitrogens with one attached hydrogen (secondary N) is 2. The molecule has 142 valence electrons. The van der Waals surface area contributed by atoms with E-state index in [9.17, 15) is 14.4 Å². The third kappa shape index (κ3) is 4.65. The Hall–Kier alpha value is -2.87. The number of carbonyl (C=O) groups is 3.